The maximum atomic E-state index is 12.5. The van der Waals surface area contributed by atoms with Gasteiger partial charge < -0.3 is 5.11 Å². The topological polar surface area (TPSA) is 23.5 Å². The van der Waals surface area contributed by atoms with E-state index in [1.165, 1.54) is 0 Å². The molecule has 0 aromatic heterocycles. The number of rotatable bonds is 3. The van der Waals surface area contributed by atoms with Crippen molar-refractivity contribution >= 4 is 0 Å². The highest BCUT2D eigenvalue weighted by Gasteiger charge is 2.30. The summed E-state index contributed by atoms with van der Waals surface area (Å²) in [4.78, 5) is 2.25. The first kappa shape index (κ1) is 15.3. The number of nitrogens with zero attached hydrogens (tertiary/aromatic N) is 1. The van der Waals surface area contributed by atoms with Crippen LogP contribution in [-0.4, -0.2) is 28.7 Å². The molecule has 1 aromatic rings. The van der Waals surface area contributed by atoms with Crippen LogP contribution < -0.4 is 0 Å². The van der Waals surface area contributed by atoms with Crippen LogP contribution in [0.2, 0.25) is 0 Å². The Bertz CT molecular complexity index is 430. The van der Waals surface area contributed by atoms with E-state index in [0.29, 0.717) is 12.6 Å². The zero-order valence-corrected chi connectivity index (χ0v) is 11.5. The summed E-state index contributed by atoms with van der Waals surface area (Å²) in [6.07, 6.45) is -2.10. The number of likely N-dealkylation sites (tertiary alicyclic amines) is 1. The molecule has 2 nitrogen and oxygen atoms in total. The minimum Gasteiger partial charge on any atom is -0.393 e. The van der Waals surface area contributed by atoms with Gasteiger partial charge in [0.15, 0.2) is 0 Å². The molecule has 1 saturated heterocycles. The van der Waals surface area contributed by atoms with Crippen LogP contribution in [0.5, 0.6) is 0 Å². The van der Waals surface area contributed by atoms with Crippen molar-refractivity contribution < 1.29 is 18.3 Å². The third-order valence-corrected chi connectivity index (χ3v) is 3.95. The predicted octanol–water partition coefficient (Wildman–Crippen LogP) is 3.44. The van der Waals surface area contributed by atoms with E-state index in [2.05, 4.69) is 11.8 Å². The Balaban J connectivity index is 2.02. The molecule has 1 aliphatic rings. The summed E-state index contributed by atoms with van der Waals surface area (Å²) in [5.41, 5.74) is 0.273. The second-order valence-corrected chi connectivity index (χ2v) is 5.41. The van der Waals surface area contributed by atoms with Crippen molar-refractivity contribution in [2.24, 2.45) is 0 Å². The Morgan fingerprint density at radius 1 is 1.25 bits per heavy atom. The molecule has 1 N–H and O–H groups in total. The second-order valence-electron chi connectivity index (χ2n) is 5.41. The van der Waals surface area contributed by atoms with Gasteiger partial charge in [0.2, 0.25) is 0 Å². The van der Waals surface area contributed by atoms with Crippen molar-refractivity contribution in [3.63, 3.8) is 0 Å². The largest absolute Gasteiger partial charge is 0.416 e. The van der Waals surface area contributed by atoms with Crippen molar-refractivity contribution in [3.8, 4) is 0 Å². The molecular formula is C15H20F3NO. The highest BCUT2D eigenvalue weighted by atomic mass is 19.4. The fourth-order valence-corrected chi connectivity index (χ4v) is 2.75. The molecule has 0 amide bonds. The van der Waals surface area contributed by atoms with Gasteiger partial charge in [-0.2, -0.15) is 13.2 Å². The fraction of sp³-hybridized carbons (Fsp3) is 0.600. The van der Waals surface area contributed by atoms with E-state index < -0.39 is 11.7 Å². The minimum absolute atomic E-state index is 0.246. The Morgan fingerprint density at radius 3 is 2.45 bits per heavy atom. The molecule has 1 fully saturated rings. The molecule has 5 heteroatoms. The Hall–Kier alpha value is -1.07. The zero-order chi connectivity index (χ0) is 14.8. The van der Waals surface area contributed by atoms with Crippen molar-refractivity contribution in [2.45, 2.75) is 51.1 Å². The number of piperidine rings is 1. The monoisotopic (exact) mass is 287 g/mol. The van der Waals surface area contributed by atoms with Crippen LogP contribution >= 0.6 is 0 Å². The number of hydrogen-bond donors (Lipinski definition) is 1. The molecule has 0 saturated carbocycles. The molecule has 1 aliphatic heterocycles. The molecule has 112 valence electrons. The number of aliphatic hydroxyl groups excluding tert-OH is 1. The van der Waals surface area contributed by atoms with Crippen LogP contribution in [-0.2, 0) is 12.7 Å². The molecule has 2 atom stereocenters. The van der Waals surface area contributed by atoms with Gasteiger partial charge in [-0.1, -0.05) is 19.1 Å². The maximum absolute atomic E-state index is 12.5. The predicted molar refractivity (Wildman–Crippen MR) is 71.2 cm³/mol. The third kappa shape index (κ3) is 3.73. The van der Waals surface area contributed by atoms with E-state index in [1.54, 1.807) is 12.1 Å². The first-order valence-corrected chi connectivity index (χ1v) is 6.98. The summed E-state index contributed by atoms with van der Waals surface area (Å²) in [6, 6.07) is 5.66. The molecule has 0 aliphatic carbocycles. The Labute approximate surface area is 117 Å². The van der Waals surface area contributed by atoms with E-state index in [9.17, 15) is 18.3 Å². The van der Waals surface area contributed by atoms with Gasteiger partial charge in [-0.3, -0.25) is 4.90 Å². The van der Waals surface area contributed by atoms with Gasteiger partial charge in [0.05, 0.1) is 11.7 Å². The highest BCUT2D eigenvalue weighted by molar-refractivity contribution is 5.24. The van der Waals surface area contributed by atoms with Gasteiger partial charge in [0.1, 0.15) is 0 Å². The Morgan fingerprint density at radius 2 is 1.90 bits per heavy atom. The molecule has 2 rings (SSSR count). The lowest BCUT2D eigenvalue weighted by atomic mass is 9.96. The van der Waals surface area contributed by atoms with E-state index in [-0.39, 0.29) is 6.10 Å². The quantitative estimate of drug-likeness (QED) is 0.920. The van der Waals surface area contributed by atoms with Gasteiger partial charge in [0, 0.05) is 19.1 Å². The number of aliphatic hydroxyl groups is 1. The van der Waals surface area contributed by atoms with Crippen molar-refractivity contribution in [2.75, 3.05) is 6.54 Å². The van der Waals surface area contributed by atoms with E-state index in [1.807, 2.05) is 0 Å². The zero-order valence-electron chi connectivity index (χ0n) is 11.5. The highest BCUT2D eigenvalue weighted by Crippen LogP contribution is 2.29. The summed E-state index contributed by atoms with van der Waals surface area (Å²) in [7, 11) is 0. The summed E-state index contributed by atoms with van der Waals surface area (Å²) in [5, 5.41) is 9.67. The first-order chi connectivity index (χ1) is 9.40. The molecule has 0 bridgehead atoms. The standard InChI is InChI=1S/C15H20F3NO/c1-2-13-9-14(20)7-8-19(13)10-11-3-5-12(6-4-11)15(16,17)18/h3-6,13-14,20H,2,7-10H2,1H3/t13-,14-/m0/s1. The smallest absolute Gasteiger partial charge is 0.393 e. The van der Waals surface area contributed by atoms with E-state index >= 15 is 0 Å². The van der Waals surface area contributed by atoms with Crippen molar-refractivity contribution in [1.29, 1.82) is 0 Å². The lowest BCUT2D eigenvalue weighted by molar-refractivity contribution is -0.137. The fourth-order valence-electron chi connectivity index (χ4n) is 2.75. The van der Waals surface area contributed by atoms with Gasteiger partial charge >= 0.3 is 6.18 Å². The van der Waals surface area contributed by atoms with Crippen molar-refractivity contribution in [3.05, 3.63) is 35.4 Å². The van der Waals surface area contributed by atoms with Gasteiger partial charge in [-0.25, -0.2) is 0 Å². The van der Waals surface area contributed by atoms with Crippen LogP contribution in [0.3, 0.4) is 0 Å². The second kappa shape index (κ2) is 6.14. The summed E-state index contributed by atoms with van der Waals surface area (Å²) in [6.45, 7) is 3.51. The number of benzene rings is 1. The maximum Gasteiger partial charge on any atom is 0.416 e. The molecule has 0 radical (unpaired) electrons. The SMILES string of the molecule is CC[C@H]1C[C@@H](O)CCN1Cc1ccc(C(F)(F)F)cc1. The van der Waals surface area contributed by atoms with E-state index in [0.717, 1.165) is 43.5 Å². The Kier molecular flexibility index (Phi) is 4.70. The average molecular weight is 287 g/mol. The van der Waals surface area contributed by atoms with E-state index in [4.69, 9.17) is 0 Å². The molecule has 1 aromatic carbocycles. The number of hydrogen-bond acceptors (Lipinski definition) is 2. The first-order valence-electron chi connectivity index (χ1n) is 6.98. The molecular weight excluding hydrogens is 267 g/mol. The number of alkyl halides is 3. The van der Waals surface area contributed by atoms with Crippen LogP contribution in [0.25, 0.3) is 0 Å². The molecule has 0 unspecified atom stereocenters. The van der Waals surface area contributed by atoms with Gasteiger partial charge in [-0.05, 0) is 37.0 Å². The molecule has 20 heavy (non-hydrogen) atoms. The lowest BCUT2D eigenvalue weighted by Crippen LogP contribution is -2.43. The summed E-state index contributed by atoms with van der Waals surface area (Å²) < 4.78 is 37.5. The lowest BCUT2D eigenvalue weighted by Gasteiger charge is -2.37. The number of halogens is 3. The molecule has 0 spiro atoms. The van der Waals surface area contributed by atoms with Crippen LogP contribution in [0.15, 0.2) is 24.3 Å². The summed E-state index contributed by atoms with van der Waals surface area (Å²) >= 11 is 0. The third-order valence-electron chi connectivity index (χ3n) is 3.95. The van der Waals surface area contributed by atoms with Crippen molar-refractivity contribution in [1.82, 2.24) is 4.90 Å². The minimum atomic E-state index is -4.28. The van der Waals surface area contributed by atoms with Gasteiger partial charge in [0.25, 0.3) is 0 Å². The van der Waals surface area contributed by atoms with Crippen LogP contribution in [0.1, 0.15) is 37.3 Å². The normalized spacial score (nSPS) is 24.9. The van der Waals surface area contributed by atoms with Crippen LogP contribution in [0, 0.1) is 0 Å². The summed E-state index contributed by atoms with van der Waals surface area (Å²) in [5.74, 6) is 0. The molecule has 1 heterocycles. The average Bonchev–Trinajstić information content (AvgIpc) is 2.40. The van der Waals surface area contributed by atoms with Crippen LogP contribution in [0.4, 0.5) is 13.2 Å². The van der Waals surface area contributed by atoms with Gasteiger partial charge in [-0.15, -0.1) is 0 Å².